The number of carbonyl (C=O) groups excluding carboxylic acids is 1. The molecule has 0 spiro atoms. The third-order valence-electron chi connectivity index (χ3n) is 4.90. The van der Waals surface area contributed by atoms with Crippen LogP contribution in [0.2, 0.25) is 0 Å². The highest BCUT2D eigenvalue weighted by Crippen LogP contribution is 2.38. The molecule has 9 heteroatoms. The van der Waals surface area contributed by atoms with Gasteiger partial charge < -0.3 is 20.5 Å². The van der Waals surface area contributed by atoms with Gasteiger partial charge in [-0.3, -0.25) is 14.6 Å². The summed E-state index contributed by atoms with van der Waals surface area (Å²) in [7, 11) is 1.48. The van der Waals surface area contributed by atoms with Crippen LogP contribution in [-0.2, 0) is 11.4 Å². The van der Waals surface area contributed by atoms with Crippen LogP contribution in [0.25, 0.3) is 0 Å². The van der Waals surface area contributed by atoms with Crippen molar-refractivity contribution < 1.29 is 18.7 Å². The first-order valence-electron chi connectivity index (χ1n) is 9.20. The van der Waals surface area contributed by atoms with Crippen LogP contribution in [-0.4, -0.2) is 23.0 Å². The largest absolute Gasteiger partial charge is 0.493 e. The second-order valence-electron chi connectivity index (χ2n) is 6.81. The number of halogens is 1. The predicted molar refractivity (Wildman–Crippen MR) is 108 cm³/mol. The maximum absolute atomic E-state index is 13.8. The summed E-state index contributed by atoms with van der Waals surface area (Å²) in [5.74, 6) is -0.274. The molecule has 0 saturated carbocycles. The molecule has 0 bridgehead atoms. The van der Waals surface area contributed by atoms with Crippen molar-refractivity contribution in [3.63, 3.8) is 0 Å². The first kappa shape index (κ1) is 19.4. The number of hydrogen-bond donors (Lipinski definition) is 3. The molecule has 1 amide bonds. The van der Waals surface area contributed by atoms with Crippen LogP contribution in [0.4, 0.5) is 16.2 Å². The molecule has 1 aliphatic rings. The van der Waals surface area contributed by atoms with Gasteiger partial charge >= 0.3 is 0 Å². The van der Waals surface area contributed by atoms with Crippen LogP contribution in [0.3, 0.4) is 0 Å². The van der Waals surface area contributed by atoms with Crippen molar-refractivity contribution in [1.29, 1.82) is 0 Å². The molecule has 4 rings (SSSR count). The maximum atomic E-state index is 13.8. The standard InChI is InChI=1S/C21H19FN4O4/c1-29-16-8-11(6-7-15(16)30-10-12-4-2-3-5-14(12)22)13-9-17(27)24-19-18(13)20(28)26-21(23)25-19/h2-8,13H,9-10H2,1H3,(H4,23,24,25,26,27,28). The van der Waals surface area contributed by atoms with E-state index in [4.69, 9.17) is 15.2 Å². The summed E-state index contributed by atoms with van der Waals surface area (Å²) in [6.07, 6.45) is 0.0697. The van der Waals surface area contributed by atoms with Gasteiger partial charge in [-0.2, -0.15) is 4.98 Å². The number of rotatable bonds is 5. The zero-order valence-corrected chi connectivity index (χ0v) is 16.1. The van der Waals surface area contributed by atoms with E-state index in [-0.39, 0.29) is 36.5 Å². The van der Waals surface area contributed by atoms with Crippen molar-refractivity contribution in [2.45, 2.75) is 18.9 Å². The fraction of sp³-hybridized carbons (Fsp3) is 0.190. The molecule has 154 valence electrons. The van der Waals surface area contributed by atoms with E-state index in [1.165, 1.54) is 13.2 Å². The summed E-state index contributed by atoms with van der Waals surface area (Å²) in [6.45, 7) is 0.0277. The molecule has 2 heterocycles. The second-order valence-corrected chi connectivity index (χ2v) is 6.81. The monoisotopic (exact) mass is 410 g/mol. The first-order chi connectivity index (χ1) is 14.5. The molecule has 1 atom stereocenters. The smallest absolute Gasteiger partial charge is 0.258 e. The van der Waals surface area contributed by atoms with Crippen molar-refractivity contribution in [2.75, 3.05) is 18.2 Å². The van der Waals surface area contributed by atoms with Crippen LogP contribution in [0.15, 0.2) is 47.3 Å². The van der Waals surface area contributed by atoms with Gasteiger partial charge in [0.25, 0.3) is 5.56 Å². The number of ether oxygens (including phenoxy) is 2. The molecule has 4 N–H and O–H groups in total. The minimum atomic E-state index is -0.528. The summed E-state index contributed by atoms with van der Waals surface area (Å²) in [5, 5.41) is 2.58. The Morgan fingerprint density at radius 3 is 2.77 bits per heavy atom. The number of aromatic amines is 1. The highest BCUT2D eigenvalue weighted by molar-refractivity contribution is 5.94. The minimum Gasteiger partial charge on any atom is -0.493 e. The van der Waals surface area contributed by atoms with E-state index in [0.29, 0.717) is 28.2 Å². The zero-order valence-electron chi connectivity index (χ0n) is 16.1. The Hall–Kier alpha value is -3.88. The molecule has 0 saturated heterocycles. The first-order valence-corrected chi connectivity index (χ1v) is 9.20. The number of anilines is 2. The Balaban J connectivity index is 1.66. The summed E-state index contributed by atoms with van der Waals surface area (Å²) in [4.78, 5) is 31.1. The molecule has 0 radical (unpaired) electrons. The lowest BCUT2D eigenvalue weighted by Crippen LogP contribution is -2.31. The van der Waals surface area contributed by atoms with Gasteiger partial charge in [0, 0.05) is 17.9 Å². The molecule has 1 unspecified atom stereocenters. The fourth-order valence-electron chi connectivity index (χ4n) is 3.46. The summed E-state index contributed by atoms with van der Waals surface area (Å²) in [6, 6.07) is 11.4. The van der Waals surface area contributed by atoms with Gasteiger partial charge in [-0.25, -0.2) is 4.39 Å². The molecule has 2 aromatic carbocycles. The lowest BCUT2D eigenvalue weighted by Gasteiger charge is -2.25. The molecular weight excluding hydrogens is 391 g/mol. The van der Waals surface area contributed by atoms with Gasteiger partial charge in [-0.1, -0.05) is 24.3 Å². The Morgan fingerprint density at radius 1 is 1.20 bits per heavy atom. The number of H-pyrrole nitrogens is 1. The highest BCUT2D eigenvalue weighted by Gasteiger charge is 2.31. The van der Waals surface area contributed by atoms with E-state index in [9.17, 15) is 14.0 Å². The van der Waals surface area contributed by atoms with Gasteiger partial charge in [-0.15, -0.1) is 0 Å². The number of nitrogens with two attached hydrogens (primary N) is 1. The van der Waals surface area contributed by atoms with E-state index < -0.39 is 11.5 Å². The molecule has 3 aromatic rings. The lowest BCUT2D eigenvalue weighted by molar-refractivity contribution is -0.116. The van der Waals surface area contributed by atoms with Gasteiger partial charge in [0.2, 0.25) is 11.9 Å². The summed E-state index contributed by atoms with van der Waals surface area (Å²) >= 11 is 0. The van der Waals surface area contributed by atoms with Crippen molar-refractivity contribution in [3.8, 4) is 11.5 Å². The normalized spacial score (nSPS) is 15.3. The number of methoxy groups -OCH3 is 1. The quantitative estimate of drug-likeness (QED) is 0.595. The van der Waals surface area contributed by atoms with Crippen LogP contribution in [0.1, 0.15) is 29.0 Å². The number of nitrogen functional groups attached to an aromatic ring is 1. The van der Waals surface area contributed by atoms with Crippen LogP contribution in [0.5, 0.6) is 11.5 Å². The minimum absolute atomic E-state index is 0.0277. The van der Waals surface area contributed by atoms with Crippen LogP contribution >= 0.6 is 0 Å². The average Bonchev–Trinajstić information content (AvgIpc) is 2.72. The second kappa shape index (κ2) is 7.86. The van der Waals surface area contributed by atoms with E-state index in [1.54, 1.807) is 36.4 Å². The number of benzene rings is 2. The number of amides is 1. The number of nitrogens with zero attached hydrogens (tertiary/aromatic N) is 1. The lowest BCUT2D eigenvalue weighted by atomic mass is 9.86. The fourth-order valence-corrected chi connectivity index (χ4v) is 3.46. The summed E-state index contributed by atoms with van der Waals surface area (Å²) in [5.41, 5.74) is 6.59. The van der Waals surface area contributed by atoms with Crippen molar-refractivity contribution in [2.24, 2.45) is 0 Å². The molecule has 30 heavy (non-hydrogen) atoms. The van der Waals surface area contributed by atoms with E-state index >= 15 is 0 Å². The topological polar surface area (TPSA) is 119 Å². The average molecular weight is 410 g/mol. The van der Waals surface area contributed by atoms with E-state index in [2.05, 4.69) is 15.3 Å². The molecule has 0 aliphatic carbocycles. The number of hydrogen-bond acceptors (Lipinski definition) is 6. The number of fused-ring (bicyclic) bond motifs is 1. The van der Waals surface area contributed by atoms with Crippen molar-refractivity contribution in [3.05, 3.63) is 75.3 Å². The Bertz CT molecular complexity index is 1180. The molecule has 1 aromatic heterocycles. The summed E-state index contributed by atoms with van der Waals surface area (Å²) < 4.78 is 25.0. The van der Waals surface area contributed by atoms with Gasteiger partial charge in [0.1, 0.15) is 18.2 Å². The number of nitrogens with one attached hydrogen (secondary N) is 2. The number of aromatic nitrogens is 2. The molecule has 0 fully saturated rings. The number of carbonyl (C=O) groups is 1. The zero-order chi connectivity index (χ0) is 21.3. The molecule has 1 aliphatic heterocycles. The SMILES string of the molecule is COc1cc(C2CC(=O)Nc3nc(N)[nH]c(=O)c32)ccc1OCc1ccccc1F. The maximum Gasteiger partial charge on any atom is 0.258 e. The molecular formula is C21H19FN4O4. The van der Waals surface area contributed by atoms with Crippen LogP contribution in [0, 0.1) is 5.82 Å². The predicted octanol–water partition coefficient (Wildman–Crippen LogP) is 2.55. The Kier molecular flexibility index (Phi) is 5.09. The highest BCUT2D eigenvalue weighted by atomic mass is 19.1. The van der Waals surface area contributed by atoms with Crippen LogP contribution < -0.4 is 26.1 Å². The Morgan fingerprint density at radius 2 is 2.00 bits per heavy atom. The molecule has 8 nitrogen and oxygen atoms in total. The van der Waals surface area contributed by atoms with Crippen molar-refractivity contribution in [1.82, 2.24) is 9.97 Å². The van der Waals surface area contributed by atoms with Gasteiger partial charge in [0.05, 0.1) is 12.7 Å². The third-order valence-corrected chi connectivity index (χ3v) is 4.90. The third kappa shape index (κ3) is 3.69. The van der Waals surface area contributed by atoms with E-state index in [0.717, 1.165) is 0 Å². The van der Waals surface area contributed by atoms with Gasteiger partial charge in [0.15, 0.2) is 11.5 Å². The Labute approximate surface area is 170 Å². The van der Waals surface area contributed by atoms with Gasteiger partial charge in [-0.05, 0) is 23.8 Å². The van der Waals surface area contributed by atoms with Crippen molar-refractivity contribution >= 4 is 17.7 Å². The van der Waals surface area contributed by atoms with E-state index in [1.807, 2.05) is 0 Å².